The third-order valence-electron chi connectivity index (χ3n) is 3.15. The summed E-state index contributed by atoms with van der Waals surface area (Å²) in [6.45, 7) is 1.20. The number of Topliss-reactive ketones (excluding diaryl/α,β-unsaturated/α-hetero) is 1. The fraction of sp³-hybridized carbons (Fsp3) is 0.727. The van der Waals surface area contributed by atoms with Crippen LogP contribution >= 0.6 is 0 Å². The fourth-order valence-electron chi connectivity index (χ4n) is 2.21. The number of rotatable bonds is 3. The van der Waals surface area contributed by atoms with Gasteiger partial charge in [-0.25, -0.2) is 0 Å². The summed E-state index contributed by atoms with van der Waals surface area (Å²) in [4.78, 5) is 35.9. The lowest BCUT2D eigenvalue weighted by Crippen LogP contribution is -2.34. The van der Waals surface area contributed by atoms with E-state index in [0.717, 1.165) is 12.8 Å². The van der Waals surface area contributed by atoms with Gasteiger partial charge in [0.1, 0.15) is 5.92 Å². The number of carbonyl (C=O) groups is 3. The van der Waals surface area contributed by atoms with E-state index in [4.69, 9.17) is 4.74 Å². The third kappa shape index (κ3) is 2.31. The summed E-state index contributed by atoms with van der Waals surface area (Å²) >= 11 is 0. The Morgan fingerprint density at radius 3 is 2.88 bits per heavy atom. The molecule has 0 aliphatic carbocycles. The summed E-state index contributed by atoms with van der Waals surface area (Å²) in [6, 6.07) is 0. The van der Waals surface area contributed by atoms with E-state index < -0.39 is 23.6 Å². The van der Waals surface area contributed by atoms with Crippen LogP contribution in [0.3, 0.4) is 0 Å². The molecule has 2 fully saturated rings. The van der Waals surface area contributed by atoms with E-state index in [1.54, 1.807) is 0 Å². The number of methoxy groups -OCH3 is 1. The highest BCUT2D eigenvalue weighted by Crippen LogP contribution is 2.20. The van der Waals surface area contributed by atoms with Gasteiger partial charge < -0.3 is 14.4 Å². The van der Waals surface area contributed by atoms with Crippen molar-refractivity contribution in [1.29, 1.82) is 0 Å². The number of esters is 1. The minimum absolute atomic E-state index is 0.0110. The Bertz CT molecular complexity index is 348. The highest BCUT2D eigenvalue weighted by molar-refractivity contribution is 6.42. The largest absolute Gasteiger partial charge is 0.468 e. The molecule has 0 aromatic carbocycles. The molecule has 0 bridgehead atoms. The van der Waals surface area contributed by atoms with Crippen molar-refractivity contribution in [1.82, 2.24) is 4.90 Å². The van der Waals surface area contributed by atoms with Crippen LogP contribution in [-0.2, 0) is 23.9 Å². The van der Waals surface area contributed by atoms with Crippen molar-refractivity contribution < 1.29 is 23.9 Å². The molecule has 6 nitrogen and oxygen atoms in total. The van der Waals surface area contributed by atoms with Crippen LogP contribution in [0.25, 0.3) is 0 Å². The third-order valence-corrected chi connectivity index (χ3v) is 3.15. The molecular weight excluding hydrogens is 226 g/mol. The minimum atomic E-state index is -0.964. The van der Waals surface area contributed by atoms with Gasteiger partial charge in [0.2, 0.25) is 5.78 Å². The Morgan fingerprint density at radius 2 is 2.29 bits per heavy atom. The number of ether oxygens (including phenoxy) is 2. The molecule has 2 saturated heterocycles. The van der Waals surface area contributed by atoms with Gasteiger partial charge in [-0.05, 0) is 12.8 Å². The molecule has 2 rings (SSSR count). The smallest absolute Gasteiger partial charge is 0.318 e. The average Bonchev–Trinajstić information content (AvgIpc) is 2.92. The van der Waals surface area contributed by atoms with E-state index >= 15 is 0 Å². The van der Waals surface area contributed by atoms with Gasteiger partial charge in [-0.15, -0.1) is 0 Å². The van der Waals surface area contributed by atoms with Crippen molar-refractivity contribution in [2.75, 3.05) is 26.8 Å². The van der Waals surface area contributed by atoms with Gasteiger partial charge in [0.25, 0.3) is 5.91 Å². The van der Waals surface area contributed by atoms with Gasteiger partial charge in [0, 0.05) is 19.7 Å². The van der Waals surface area contributed by atoms with Crippen LogP contribution in [0.4, 0.5) is 0 Å². The second kappa shape index (κ2) is 4.83. The van der Waals surface area contributed by atoms with Crippen molar-refractivity contribution in [2.24, 2.45) is 5.92 Å². The zero-order chi connectivity index (χ0) is 12.4. The molecule has 94 valence electrons. The number of ketones is 1. The van der Waals surface area contributed by atoms with E-state index in [1.807, 2.05) is 0 Å². The molecule has 1 amide bonds. The SMILES string of the molecule is COC(=O)[C@@H]1CN(C[C@@H]2CCCO2)C(=O)C1=O. The predicted octanol–water partition coefficient (Wildman–Crippen LogP) is -0.634. The lowest BCUT2D eigenvalue weighted by atomic mass is 10.1. The molecule has 0 N–H and O–H groups in total. The summed E-state index contributed by atoms with van der Waals surface area (Å²) < 4.78 is 9.90. The quantitative estimate of drug-likeness (QED) is 0.373. The topological polar surface area (TPSA) is 72.9 Å². The van der Waals surface area contributed by atoms with Crippen LogP contribution in [0.2, 0.25) is 0 Å². The monoisotopic (exact) mass is 241 g/mol. The van der Waals surface area contributed by atoms with Crippen LogP contribution in [0, 0.1) is 5.92 Å². The van der Waals surface area contributed by atoms with Crippen molar-refractivity contribution in [2.45, 2.75) is 18.9 Å². The summed E-state index contributed by atoms with van der Waals surface area (Å²) in [5.41, 5.74) is 0. The average molecular weight is 241 g/mol. The molecular formula is C11H15NO5. The van der Waals surface area contributed by atoms with Crippen LogP contribution in [0.5, 0.6) is 0 Å². The van der Waals surface area contributed by atoms with Gasteiger partial charge in [-0.3, -0.25) is 14.4 Å². The normalized spacial score (nSPS) is 28.9. The summed E-state index contributed by atoms with van der Waals surface area (Å²) in [6.07, 6.45) is 1.85. The molecule has 2 heterocycles. The van der Waals surface area contributed by atoms with E-state index in [9.17, 15) is 14.4 Å². The Labute approximate surface area is 98.8 Å². The van der Waals surface area contributed by atoms with Gasteiger partial charge in [0.05, 0.1) is 13.2 Å². The maximum atomic E-state index is 11.6. The van der Waals surface area contributed by atoms with Crippen LogP contribution in [0.15, 0.2) is 0 Å². The van der Waals surface area contributed by atoms with Crippen molar-refractivity contribution in [3.05, 3.63) is 0 Å². The molecule has 0 aromatic rings. The number of likely N-dealkylation sites (tertiary alicyclic amines) is 1. The Balaban J connectivity index is 1.98. The zero-order valence-corrected chi connectivity index (χ0v) is 9.68. The van der Waals surface area contributed by atoms with Crippen LogP contribution < -0.4 is 0 Å². The van der Waals surface area contributed by atoms with Gasteiger partial charge >= 0.3 is 5.97 Å². The second-order valence-corrected chi connectivity index (χ2v) is 4.29. The highest BCUT2D eigenvalue weighted by Gasteiger charge is 2.44. The van der Waals surface area contributed by atoms with E-state index in [1.165, 1.54) is 12.0 Å². The zero-order valence-electron chi connectivity index (χ0n) is 9.68. The Morgan fingerprint density at radius 1 is 1.53 bits per heavy atom. The number of nitrogens with zero attached hydrogens (tertiary/aromatic N) is 1. The predicted molar refractivity (Wildman–Crippen MR) is 56.1 cm³/mol. The van der Waals surface area contributed by atoms with Crippen LogP contribution in [0.1, 0.15) is 12.8 Å². The van der Waals surface area contributed by atoms with E-state index in [0.29, 0.717) is 13.2 Å². The first-order valence-corrected chi connectivity index (χ1v) is 5.66. The number of amides is 1. The minimum Gasteiger partial charge on any atom is -0.468 e. The standard InChI is InChI=1S/C11H15NO5/c1-16-11(15)8-6-12(10(14)9(8)13)5-7-3-2-4-17-7/h7-8H,2-6H2,1H3/t7-,8+/m0/s1. The fourth-order valence-corrected chi connectivity index (χ4v) is 2.21. The number of hydrogen-bond acceptors (Lipinski definition) is 5. The molecule has 0 radical (unpaired) electrons. The van der Waals surface area contributed by atoms with Gasteiger partial charge in [-0.2, -0.15) is 0 Å². The van der Waals surface area contributed by atoms with Crippen LogP contribution in [-0.4, -0.2) is 55.5 Å². The van der Waals surface area contributed by atoms with Crippen molar-refractivity contribution in [3.63, 3.8) is 0 Å². The Kier molecular flexibility index (Phi) is 3.42. The summed E-state index contributed by atoms with van der Waals surface area (Å²) in [7, 11) is 1.21. The van der Waals surface area contributed by atoms with E-state index in [2.05, 4.69) is 4.74 Å². The van der Waals surface area contributed by atoms with Gasteiger partial charge in [-0.1, -0.05) is 0 Å². The lowest BCUT2D eigenvalue weighted by Gasteiger charge is -2.19. The molecule has 0 saturated carbocycles. The first-order valence-electron chi connectivity index (χ1n) is 5.66. The maximum Gasteiger partial charge on any atom is 0.318 e. The molecule has 17 heavy (non-hydrogen) atoms. The maximum absolute atomic E-state index is 11.6. The van der Waals surface area contributed by atoms with E-state index in [-0.39, 0.29) is 12.6 Å². The molecule has 0 unspecified atom stereocenters. The highest BCUT2D eigenvalue weighted by atomic mass is 16.5. The number of carbonyl (C=O) groups excluding carboxylic acids is 3. The summed E-state index contributed by atoms with van der Waals surface area (Å²) in [5, 5.41) is 0. The molecule has 0 spiro atoms. The van der Waals surface area contributed by atoms with Crippen molar-refractivity contribution in [3.8, 4) is 0 Å². The molecule has 2 atom stereocenters. The Hall–Kier alpha value is -1.43. The molecule has 6 heteroatoms. The van der Waals surface area contributed by atoms with Gasteiger partial charge in [0.15, 0.2) is 0 Å². The lowest BCUT2D eigenvalue weighted by molar-refractivity contribution is -0.150. The molecule has 2 aliphatic heterocycles. The van der Waals surface area contributed by atoms with Crippen molar-refractivity contribution >= 4 is 17.7 Å². The summed E-state index contributed by atoms with van der Waals surface area (Å²) in [5.74, 6) is -2.88. The first-order chi connectivity index (χ1) is 8.13. The second-order valence-electron chi connectivity index (χ2n) is 4.29. The first kappa shape index (κ1) is 12.0. The molecule has 0 aromatic heterocycles. The molecule has 2 aliphatic rings. The number of hydrogen-bond donors (Lipinski definition) is 0.